The molecule has 0 aliphatic rings. The normalized spacial score (nSPS) is 15.8. The molecule has 0 unspecified atom stereocenters. The van der Waals surface area contributed by atoms with Crippen molar-refractivity contribution in [1.29, 1.82) is 0 Å². The average Bonchev–Trinajstić information content (AvgIpc) is 2.28. The molecule has 0 aliphatic carbocycles. The maximum Gasteiger partial charge on any atom is 0.433 e. The Morgan fingerprint density at radius 2 is 1.86 bits per heavy atom. The van der Waals surface area contributed by atoms with Crippen LogP contribution in [0.3, 0.4) is 0 Å². The van der Waals surface area contributed by atoms with Gasteiger partial charge in [0.1, 0.15) is 11.5 Å². The second-order valence-electron chi connectivity index (χ2n) is 5.83. The van der Waals surface area contributed by atoms with E-state index in [2.05, 4.69) is 9.71 Å². The van der Waals surface area contributed by atoms with Crippen molar-refractivity contribution >= 4 is 16.8 Å². The fourth-order valence-electron chi connectivity index (χ4n) is 1.78. The molecule has 8 heteroatoms. The summed E-state index contributed by atoms with van der Waals surface area (Å²) in [5.41, 5.74) is 4.79. The predicted octanol–water partition coefficient (Wildman–Crippen LogP) is 3.10. The highest BCUT2D eigenvalue weighted by molar-refractivity contribution is 7.84. The van der Waals surface area contributed by atoms with E-state index in [4.69, 9.17) is 5.73 Å². The van der Waals surface area contributed by atoms with Gasteiger partial charge in [0.2, 0.25) is 0 Å². The van der Waals surface area contributed by atoms with Gasteiger partial charge in [0.15, 0.2) is 0 Å². The molecule has 4 nitrogen and oxygen atoms in total. The third-order valence-electron chi connectivity index (χ3n) is 2.91. The first-order chi connectivity index (χ1) is 9.34. The zero-order valence-electron chi connectivity index (χ0n) is 12.6. The number of hydrogen-bond acceptors (Lipinski definition) is 3. The molecule has 1 heterocycles. The summed E-state index contributed by atoms with van der Waals surface area (Å²) in [5.74, 6) is -0.210. The molecule has 3 N–H and O–H groups in total. The van der Waals surface area contributed by atoms with Gasteiger partial charge in [-0.15, -0.1) is 0 Å². The van der Waals surface area contributed by atoms with E-state index in [1.807, 2.05) is 0 Å². The summed E-state index contributed by atoms with van der Waals surface area (Å²) < 4.78 is 53.1. The Bertz CT molecular complexity index is 553. The fourth-order valence-corrected chi connectivity index (χ4v) is 2.58. The summed E-state index contributed by atoms with van der Waals surface area (Å²) in [6.07, 6.45) is -4.57. The first-order valence-corrected chi connectivity index (χ1v) is 7.51. The summed E-state index contributed by atoms with van der Waals surface area (Å²) in [6.45, 7) is 8.31. The highest BCUT2D eigenvalue weighted by Gasteiger charge is 2.36. The molecular formula is C13H20F3N3OS. The Hall–Kier alpha value is -1.15. The lowest BCUT2D eigenvalue weighted by Gasteiger charge is -2.24. The zero-order chi connectivity index (χ0) is 16.6. The zero-order valence-corrected chi connectivity index (χ0v) is 13.4. The Morgan fingerprint density at radius 3 is 2.29 bits per heavy atom. The van der Waals surface area contributed by atoms with Crippen LogP contribution in [0.2, 0.25) is 0 Å². The van der Waals surface area contributed by atoms with Gasteiger partial charge in [0.05, 0.1) is 15.7 Å². The van der Waals surface area contributed by atoms with Gasteiger partial charge >= 0.3 is 6.18 Å². The number of nitrogens with two attached hydrogens (primary N) is 1. The molecule has 0 aliphatic heterocycles. The third kappa shape index (κ3) is 4.41. The van der Waals surface area contributed by atoms with Gasteiger partial charge in [0.25, 0.3) is 0 Å². The van der Waals surface area contributed by atoms with Gasteiger partial charge in [-0.05, 0) is 51.8 Å². The van der Waals surface area contributed by atoms with Crippen molar-refractivity contribution in [2.45, 2.75) is 51.6 Å². The molecule has 1 aromatic heterocycles. The van der Waals surface area contributed by atoms with Crippen molar-refractivity contribution in [1.82, 2.24) is 9.71 Å². The molecule has 120 valence electrons. The summed E-state index contributed by atoms with van der Waals surface area (Å²) in [6, 6.07) is 0.832. The quantitative estimate of drug-likeness (QED) is 0.898. The van der Waals surface area contributed by atoms with E-state index in [0.717, 1.165) is 0 Å². The molecule has 0 saturated heterocycles. The number of alkyl halides is 3. The van der Waals surface area contributed by atoms with Crippen LogP contribution in [-0.2, 0) is 17.2 Å². The molecule has 2 atom stereocenters. The molecular weight excluding hydrogens is 303 g/mol. The van der Waals surface area contributed by atoms with Crippen molar-refractivity contribution < 1.29 is 17.4 Å². The van der Waals surface area contributed by atoms with E-state index < -0.39 is 33.6 Å². The number of aromatic nitrogens is 1. The number of anilines is 1. The first kappa shape index (κ1) is 17.9. The lowest BCUT2D eigenvalue weighted by Crippen LogP contribution is -2.35. The van der Waals surface area contributed by atoms with Gasteiger partial charge in [-0.3, -0.25) is 0 Å². The smallest absolute Gasteiger partial charge is 0.384 e. The van der Waals surface area contributed by atoms with Crippen molar-refractivity contribution in [3.63, 3.8) is 0 Å². The molecule has 0 fully saturated rings. The number of nitrogens with one attached hydrogen (secondary N) is 1. The van der Waals surface area contributed by atoms with Crippen LogP contribution in [0.1, 0.15) is 50.6 Å². The second kappa shape index (κ2) is 5.92. The maximum atomic E-state index is 12.9. The highest BCUT2D eigenvalue weighted by Crippen LogP contribution is 2.34. The Kier molecular flexibility index (Phi) is 5.05. The summed E-state index contributed by atoms with van der Waals surface area (Å²) in [7, 11) is -1.40. The minimum Gasteiger partial charge on any atom is -0.384 e. The van der Waals surface area contributed by atoms with Crippen molar-refractivity contribution in [3.05, 3.63) is 22.9 Å². The van der Waals surface area contributed by atoms with Gasteiger partial charge < -0.3 is 5.73 Å². The van der Waals surface area contributed by atoms with E-state index in [0.29, 0.717) is 5.56 Å². The largest absolute Gasteiger partial charge is 0.433 e. The van der Waals surface area contributed by atoms with Crippen LogP contribution in [0.15, 0.2) is 6.07 Å². The number of pyridine rings is 1. The monoisotopic (exact) mass is 323 g/mol. The average molecular weight is 323 g/mol. The van der Waals surface area contributed by atoms with E-state index in [-0.39, 0.29) is 11.4 Å². The minimum atomic E-state index is -4.57. The van der Waals surface area contributed by atoms with E-state index in [9.17, 15) is 17.4 Å². The lowest BCUT2D eigenvalue weighted by molar-refractivity contribution is -0.141. The van der Waals surface area contributed by atoms with Crippen LogP contribution < -0.4 is 10.5 Å². The fraction of sp³-hybridized carbons (Fsp3) is 0.615. The van der Waals surface area contributed by atoms with Crippen LogP contribution in [0, 0.1) is 6.92 Å². The van der Waals surface area contributed by atoms with Crippen molar-refractivity contribution in [3.8, 4) is 0 Å². The van der Waals surface area contributed by atoms with Crippen LogP contribution >= 0.6 is 0 Å². The molecule has 0 aromatic carbocycles. The van der Waals surface area contributed by atoms with Gasteiger partial charge in [0, 0.05) is 6.04 Å². The summed E-state index contributed by atoms with van der Waals surface area (Å²) >= 11 is 0. The van der Waals surface area contributed by atoms with E-state index in [1.165, 1.54) is 13.0 Å². The van der Waals surface area contributed by atoms with Gasteiger partial charge in [-0.2, -0.15) is 13.2 Å². The number of hydrogen-bond donors (Lipinski definition) is 2. The lowest BCUT2D eigenvalue weighted by atomic mass is 10.0. The van der Waals surface area contributed by atoms with Crippen LogP contribution in [-0.4, -0.2) is 13.9 Å². The molecule has 0 amide bonds. The molecule has 21 heavy (non-hydrogen) atoms. The number of rotatable bonds is 3. The Balaban J connectivity index is 3.20. The third-order valence-corrected chi connectivity index (χ3v) is 4.59. The van der Waals surface area contributed by atoms with E-state index >= 15 is 0 Å². The predicted molar refractivity (Wildman–Crippen MR) is 77.8 cm³/mol. The molecule has 1 aromatic rings. The number of nitrogens with zero attached hydrogens (tertiary/aromatic N) is 1. The Labute approximate surface area is 124 Å². The maximum absolute atomic E-state index is 12.9. The summed E-state index contributed by atoms with van der Waals surface area (Å²) in [5, 5.41) is 0. The standard InChI is InChI=1S/C13H20F3N3OS/c1-7-9(8(2)19-21(20)12(3,4)5)6-10(17)18-11(7)13(14,15)16/h6,8,19H,1-5H3,(H2,17,18)/t8-,21+/m1/s1. The molecule has 1 rings (SSSR count). The molecule has 0 saturated carbocycles. The van der Waals surface area contributed by atoms with E-state index in [1.54, 1.807) is 27.7 Å². The highest BCUT2D eigenvalue weighted by atomic mass is 32.2. The molecule has 0 radical (unpaired) electrons. The first-order valence-electron chi connectivity index (χ1n) is 6.36. The Morgan fingerprint density at radius 1 is 1.33 bits per heavy atom. The van der Waals surface area contributed by atoms with Crippen LogP contribution in [0.4, 0.5) is 19.0 Å². The second-order valence-corrected chi connectivity index (χ2v) is 7.83. The molecule has 0 bridgehead atoms. The minimum absolute atomic E-state index is 0.0115. The molecule has 0 spiro atoms. The SMILES string of the molecule is Cc1c([C@@H](C)N[S@@](=O)C(C)(C)C)cc(N)nc1C(F)(F)F. The number of halogens is 3. The van der Waals surface area contributed by atoms with Crippen molar-refractivity contribution in [2.75, 3.05) is 5.73 Å². The summed E-state index contributed by atoms with van der Waals surface area (Å²) in [4.78, 5) is 3.36. The van der Waals surface area contributed by atoms with Crippen molar-refractivity contribution in [2.24, 2.45) is 0 Å². The van der Waals surface area contributed by atoms with Gasteiger partial charge in [-0.1, -0.05) is 0 Å². The number of nitrogen functional groups attached to an aromatic ring is 1. The van der Waals surface area contributed by atoms with Crippen LogP contribution in [0.5, 0.6) is 0 Å². The van der Waals surface area contributed by atoms with Crippen LogP contribution in [0.25, 0.3) is 0 Å². The topological polar surface area (TPSA) is 68.0 Å². The van der Waals surface area contributed by atoms with Gasteiger partial charge in [-0.25, -0.2) is 13.9 Å².